The Hall–Kier alpha value is -1.98. The van der Waals surface area contributed by atoms with Crippen LogP contribution in [0.4, 0.5) is 5.82 Å². The van der Waals surface area contributed by atoms with Crippen LogP contribution in [0.2, 0.25) is 5.15 Å². The summed E-state index contributed by atoms with van der Waals surface area (Å²) in [6.45, 7) is 0. The lowest BCUT2D eigenvalue weighted by Gasteiger charge is -2.11. The second kappa shape index (κ2) is 6.26. The van der Waals surface area contributed by atoms with Crippen molar-refractivity contribution in [1.82, 2.24) is 10.2 Å². The highest BCUT2D eigenvalue weighted by Crippen LogP contribution is 2.07. The topological polar surface area (TPSA) is 80.9 Å². The van der Waals surface area contributed by atoms with Crippen LogP contribution in [0, 0.1) is 0 Å². The van der Waals surface area contributed by atoms with E-state index >= 15 is 0 Å². The van der Waals surface area contributed by atoms with Gasteiger partial charge in [0.2, 0.25) is 5.91 Å². The molecule has 0 bridgehead atoms. The molecule has 0 spiro atoms. The number of nitrogens with one attached hydrogen (secondary N) is 1. The van der Waals surface area contributed by atoms with Gasteiger partial charge in [-0.1, -0.05) is 41.9 Å². The highest BCUT2D eigenvalue weighted by Gasteiger charge is 2.14. The first-order chi connectivity index (χ1) is 9.15. The van der Waals surface area contributed by atoms with E-state index in [9.17, 15) is 4.79 Å². The number of rotatable bonds is 4. The van der Waals surface area contributed by atoms with Crippen molar-refractivity contribution < 1.29 is 4.79 Å². The van der Waals surface area contributed by atoms with Crippen LogP contribution < -0.4 is 11.1 Å². The van der Waals surface area contributed by atoms with Crippen LogP contribution in [-0.4, -0.2) is 22.1 Å². The lowest BCUT2D eigenvalue weighted by atomic mass is 10.1. The van der Waals surface area contributed by atoms with E-state index in [0.29, 0.717) is 12.2 Å². The predicted octanol–water partition coefficient (Wildman–Crippen LogP) is 1.64. The molecule has 19 heavy (non-hydrogen) atoms. The molecular formula is C13H13ClN4O. The maximum absolute atomic E-state index is 11.9. The Morgan fingerprint density at radius 3 is 2.58 bits per heavy atom. The van der Waals surface area contributed by atoms with E-state index in [1.165, 1.54) is 0 Å². The molecule has 0 aliphatic rings. The number of nitrogens with two attached hydrogens (primary N) is 1. The van der Waals surface area contributed by atoms with Crippen molar-refractivity contribution in [2.75, 3.05) is 5.32 Å². The predicted molar refractivity (Wildman–Crippen MR) is 73.8 cm³/mol. The highest BCUT2D eigenvalue weighted by molar-refractivity contribution is 6.29. The summed E-state index contributed by atoms with van der Waals surface area (Å²) in [5.74, 6) is 0.0263. The molecule has 0 fully saturated rings. The molecule has 3 N–H and O–H groups in total. The summed E-state index contributed by atoms with van der Waals surface area (Å²) in [6.07, 6.45) is 0.466. The van der Waals surface area contributed by atoms with Gasteiger partial charge in [0, 0.05) is 0 Å². The van der Waals surface area contributed by atoms with Gasteiger partial charge < -0.3 is 11.1 Å². The number of carbonyl (C=O) groups excluding carboxylic acids is 1. The van der Waals surface area contributed by atoms with E-state index in [-0.39, 0.29) is 11.1 Å². The van der Waals surface area contributed by atoms with Crippen LogP contribution in [0.5, 0.6) is 0 Å². The van der Waals surface area contributed by atoms with E-state index in [4.69, 9.17) is 17.3 Å². The first-order valence-corrected chi connectivity index (χ1v) is 6.12. The van der Waals surface area contributed by atoms with Crippen molar-refractivity contribution in [1.29, 1.82) is 0 Å². The molecule has 1 amide bonds. The van der Waals surface area contributed by atoms with Gasteiger partial charge in [0.15, 0.2) is 11.0 Å². The molecule has 1 heterocycles. The third kappa shape index (κ3) is 4.01. The van der Waals surface area contributed by atoms with Crippen molar-refractivity contribution in [3.63, 3.8) is 0 Å². The minimum absolute atomic E-state index is 0.270. The van der Waals surface area contributed by atoms with E-state index in [1.54, 1.807) is 12.1 Å². The molecule has 1 aromatic heterocycles. The van der Waals surface area contributed by atoms with Crippen LogP contribution in [0.15, 0.2) is 42.5 Å². The zero-order chi connectivity index (χ0) is 13.7. The summed E-state index contributed by atoms with van der Waals surface area (Å²) >= 11 is 5.61. The Morgan fingerprint density at radius 2 is 1.95 bits per heavy atom. The molecule has 0 saturated heterocycles. The Kier molecular flexibility index (Phi) is 4.43. The number of hydrogen-bond donors (Lipinski definition) is 2. The van der Waals surface area contributed by atoms with Gasteiger partial charge in [0.05, 0.1) is 6.04 Å². The van der Waals surface area contributed by atoms with Crippen LogP contribution >= 0.6 is 11.6 Å². The summed E-state index contributed by atoms with van der Waals surface area (Å²) in [6, 6.07) is 12.1. The van der Waals surface area contributed by atoms with Gasteiger partial charge in [-0.05, 0) is 24.1 Å². The maximum atomic E-state index is 11.9. The molecule has 5 nitrogen and oxygen atoms in total. The molecule has 2 rings (SSSR count). The van der Waals surface area contributed by atoms with Gasteiger partial charge in [0.25, 0.3) is 0 Å². The minimum atomic E-state index is -0.639. The molecule has 6 heteroatoms. The molecule has 98 valence electrons. The van der Waals surface area contributed by atoms with Crippen molar-refractivity contribution in [3.8, 4) is 0 Å². The lowest BCUT2D eigenvalue weighted by Crippen LogP contribution is -2.37. The van der Waals surface area contributed by atoms with Crippen molar-refractivity contribution in [2.45, 2.75) is 12.5 Å². The quantitative estimate of drug-likeness (QED) is 0.889. The number of halogens is 1. The number of aromatic nitrogens is 2. The van der Waals surface area contributed by atoms with Gasteiger partial charge in [0.1, 0.15) is 0 Å². The highest BCUT2D eigenvalue weighted by atomic mass is 35.5. The third-order valence-electron chi connectivity index (χ3n) is 2.52. The zero-order valence-electron chi connectivity index (χ0n) is 10.1. The number of amides is 1. The average molecular weight is 277 g/mol. The standard InChI is InChI=1S/C13H13ClN4O/c14-11-6-7-12(18-17-11)16-13(19)10(15)8-9-4-2-1-3-5-9/h1-7,10H,8,15H2,(H,16,18,19)/t10-/m1/s1. The van der Waals surface area contributed by atoms with E-state index in [2.05, 4.69) is 15.5 Å². The fourth-order valence-corrected chi connectivity index (χ4v) is 1.66. The van der Waals surface area contributed by atoms with Gasteiger partial charge in [-0.15, -0.1) is 10.2 Å². The van der Waals surface area contributed by atoms with Crippen LogP contribution in [-0.2, 0) is 11.2 Å². The lowest BCUT2D eigenvalue weighted by molar-refractivity contribution is -0.117. The number of anilines is 1. The monoisotopic (exact) mass is 276 g/mol. The molecule has 1 aromatic carbocycles. The van der Waals surface area contributed by atoms with Crippen molar-refractivity contribution in [3.05, 3.63) is 53.2 Å². The van der Waals surface area contributed by atoms with Crippen molar-refractivity contribution >= 4 is 23.3 Å². The van der Waals surface area contributed by atoms with E-state index < -0.39 is 6.04 Å². The average Bonchev–Trinajstić information content (AvgIpc) is 2.42. The Balaban J connectivity index is 1.94. The molecule has 0 unspecified atom stereocenters. The Labute approximate surface area is 115 Å². The van der Waals surface area contributed by atoms with Gasteiger partial charge in [-0.25, -0.2) is 0 Å². The van der Waals surface area contributed by atoms with Gasteiger partial charge in [-0.2, -0.15) is 0 Å². The van der Waals surface area contributed by atoms with Gasteiger partial charge in [-0.3, -0.25) is 4.79 Å². The SMILES string of the molecule is N[C@H](Cc1ccccc1)C(=O)Nc1ccc(Cl)nn1. The fraction of sp³-hybridized carbons (Fsp3) is 0.154. The number of nitrogens with zero attached hydrogens (tertiary/aromatic N) is 2. The smallest absolute Gasteiger partial charge is 0.242 e. The first-order valence-electron chi connectivity index (χ1n) is 5.75. The Bertz CT molecular complexity index is 544. The summed E-state index contributed by atoms with van der Waals surface area (Å²) in [4.78, 5) is 11.9. The van der Waals surface area contributed by atoms with E-state index in [0.717, 1.165) is 5.56 Å². The van der Waals surface area contributed by atoms with Crippen LogP contribution in [0.3, 0.4) is 0 Å². The first kappa shape index (κ1) is 13.5. The van der Waals surface area contributed by atoms with Crippen LogP contribution in [0.1, 0.15) is 5.56 Å². The summed E-state index contributed by atoms with van der Waals surface area (Å²) in [5, 5.41) is 10.2. The normalized spacial score (nSPS) is 11.9. The maximum Gasteiger partial charge on any atom is 0.242 e. The number of benzene rings is 1. The summed E-state index contributed by atoms with van der Waals surface area (Å²) in [5.41, 5.74) is 6.85. The molecule has 1 atom stereocenters. The molecule has 0 saturated carbocycles. The van der Waals surface area contributed by atoms with Crippen LogP contribution in [0.25, 0.3) is 0 Å². The molecular weight excluding hydrogens is 264 g/mol. The van der Waals surface area contributed by atoms with Gasteiger partial charge >= 0.3 is 0 Å². The molecule has 0 aliphatic carbocycles. The third-order valence-corrected chi connectivity index (χ3v) is 2.72. The van der Waals surface area contributed by atoms with E-state index in [1.807, 2.05) is 30.3 Å². The number of carbonyl (C=O) groups is 1. The zero-order valence-corrected chi connectivity index (χ0v) is 10.8. The fourth-order valence-electron chi connectivity index (χ4n) is 1.56. The second-order valence-corrected chi connectivity index (χ2v) is 4.41. The molecule has 0 aliphatic heterocycles. The second-order valence-electron chi connectivity index (χ2n) is 4.03. The molecule has 2 aromatic rings. The molecule has 0 radical (unpaired) electrons. The Morgan fingerprint density at radius 1 is 1.21 bits per heavy atom. The number of hydrogen-bond acceptors (Lipinski definition) is 4. The summed E-state index contributed by atoms with van der Waals surface area (Å²) in [7, 11) is 0. The summed E-state index contributed by atoms with van der Waals surface area (Å²) < 4.78 is 0. The minimum Gasteiger partial charge on any atom is -0.320 e. The largest absolute Gasteiger partial charge is 0.320 e. The van der Waals surface area contributed by atoms with Crippen molar-refractivity contribution in [2.24, 2.45) is 5.73 Å².